The van der Waals surface area contributed by atoms with Gasteiger partial charge in [0.05, 0.1) is 22.3 Å². The zero-order valence-electron chi connectivity index (χ0n) is 49.5. The number of carbonyl (C=O) groups is 4. The first-order valence-corrected chi connectivity index (χ1v) is 29.6. The van der Waals surface area contributed by atoms with E-state index in [0.29, 0.717) is 70.5 Å². The molecule has 4 saturated carbocycles. The number of esters is 2. The molecule has 0 unspecified atom stereocenters. The van der Waals surface area contributed by atoms with E-state index in [1.54, 1.807) is 136 Å². The maximum atomic E-state index is 12.1. The van der Waals surface area contributed by atoms with E-state index in [4.69, 9.17) is 85.0 Å². The van der Waals surface area contributed by atoms with Gasteiger partial charge in [-0.2, -0.15) is 0 Å². The number of rotatable bonds is 16. The molecule has 8 aromatic heterocycles. The van der Waals surface area contributed by atoms with E-state index < -0.39 is 35.1 Å². The maximum absolute atomic E-state index is 12.1. The molecule has 464 valence electrons. The summed E-state index contributed by atoms with van der Waals surface area (Å²) in [5.74, 6) is 3.14. The number of pyridine rings is 4. The lowest BCUT2D eigenvalue weighted by Crippen LogP contribution is -2.24. The Morgan fingerprint density at radius 1 is 0.398 bits per heavy atom. The summed E-state index contributed by atoms with van der Waals surface area (Å²) in [7, 11) is 0. The second-order valence-electron chi connectivity index (χ2n) is 23.5. The number of ether oxygens (including phenoxy) is 6. The summed E-state index contributed by atoms with van der Waals surface area (Å²) in [6, 6.07) is 19.5. The van der Waals surface area contributed by atoms with Crippen LogP contribution in [0.15, 0.2) is 97.6 Å². The number of halogens is 4. The summed E-state index contributed by atoms with van der Waals surface area (Å²) in [4.78, 5) is 62.4. The zero-order chi connectivity index (χ0) is 63.5. The third-order valence-corrected chi connectivity index (χ3v) is 14.6. The minimum absolute atomic E-state index is 0.0362. The van der Waals surface area contributed by atoms with E-state index in [1.807, 2.05) is 0 Å². The smallest absolute Gasteiger partial charge is 0.341 e. The Hall–Kier alpha value is -8.32. The van der Waals surface area contributed by atoms with E-state index in [0.717, 1.165) is 25.7 Å². The van der Waals surface area contributed by atoms with Crippen molar-refractivity contribution in [2.45, 2.75) is 131 Å². The minimum atomic E-state index is -1.11. The molecule has 8 aromatic rings. The molecule has 28 heteroatoms. The molecule has 88 heavy (non-hydrogen) atoms. The van der Waals surface area contributed by atoms with E-state index >= 15 is 0 Å². The molecule has 4 aliphatic rings. The highest BCUT2D eigenvalue weighted by Gasteiger charge is 2.38. The number of aromatic carboxylic acids is 2. The van der Waals surface area contributed by atoms with E-state index in [2.05, 4.69) is 68.0 Å². The topological polar surface area (TPSA) is 287 Å². The van der Waals surface area contributed by atoms with Crippen LogP contribution >= 0.6 is 46.4 Å². The van der Waals surface area contributed by atoms with Crippen molar-refractivity contribution in [3.8, 4) is 46.8 Å². The van der Waals surface area contributed by atoms with Gasteiger partial charge in [-0.25, -0.2) is 57.8 Å². The van der Waals surface area contributed by atoms with Gasteiger partial charge in [0.25, 0.3) is 0 Å². The first kappa shape index (κ1) is 64.2. The number of carboxylic acid groups (broad SMARTS) is 2. The highest BCUT2D eigenvalue weighted by Crippen LogP contribution is 2.37. The molecule has 8 heterocycles. The Labute approximate surface area is 525 Å². The minimum Gasteiger partial charge on any atom is -0.478 e. The number of hydrogen-bond donors (Lipinski definition) is 2. The van der Waals surface area contributed by atoms with Crippen LogP contribution < -0.4 is 18.9 Å². The fourth-order valence-corrected chi connectivity index (χ4v) is 8.83. The summed E-state index contributed by atoms with van der Waals surface area (Å²) in [5, 5.41) is 34.9. The third-order valence-electron chi connectivity index (χ3n) is 13.5. The molecule has 0 aliphatic heterocycles. The fraction of sp³-hybridized carbons (Fsp3) is 0.400. The highest BCUT2D eigenvalue weighted by molar-refractivity contribution is 6.33. The van der Waals surface area contributed by atoms with Crippen molar-refractivity contribution in [3.63, 3.8) is 0 Å². The summed E-state index contributed by atoms with van der Waals surface area (Å²) in [6.07, 6.45) is 12.1. The Balaban J connectivity index is 0.000000140. The van der Waals surface area contributed by atoms with Crippen molar-refractivity contribution in [2.24, 2.45) is 23.7 Å². The molecular weight excluding hydrogens is 1220 g/mol. The lowest BCUT2D eigenvalue weighted by molar-refractivity contribution is 0.00566. The first-order chi connectivity index (χ1) is 41.5. The van der Waals surface area contributed by atoms with Crippen LogP contribution in [0.1, 0.15) is 136 Å². The quantitative estimate of drug-likeness (QED) is 0.0671. The van der Waals surface area contributed by atoms with Crippen molar-refractivity contribution in [1.82, 2.24) is 59.1 Å². The molecule has 4 fully saturated rings. The highest BCUT2D eigenvalue weighted by atomic mass is 35.5. The van der Waals surface area contributed by atoms with E-state index in [-0.39, 0.29) is 67.3 Å². The van der Waals surface area contributed by atoms with E-state index in [9.17, 15) is 19.2 Å². The van der Waals surface area contributed by atoms with Crippen LogP contribution in [0.4, 0.5) is 0 Å². The van der Waals surface area contributed by atoms with Crippen molar-refractivity contribution >= 4 is 70.3 Å². The Morgan fingerprint density at radius 3 is 0.795 bits per heavy atom. The molecule has 12 rings (SSSR count). The van der Waals surface area contributed by atoms with Gasteiger partial charge in [0.2, 0.25) is 23.5 Å². The largest absolute Gasteiger partial charge is 0.478 e. The zero-order valence-corrected chi connectivity index (χ0v) is 52.6. The molecule has 0 bridgehead atoms. The second-order valence-corrected chi connectivity index (χ2v) is 24.9. The normalized spacial score (nSPS) is 20.2. The van der Waals surface area contributed by atoms with Gasteiger partial charge in [0.15, 0.2) is 23.3 Å². The number of hydrogen-bond acceptors (Lipinski definition) is 18. The van der Waals surface area contributed by atoms with Gasteiger partial charge < -0.3 is 38.6 Å². The Bertz CT molecular complexity index is 3610. The predicted octanol–water partition coefficient (Wildman–Crippen LogP) is 12.1. The van der Waals surface area contributed by atoms with Gasteiger partial charge in [-0.1, -0.05) is 74.1 Å². The molecule has 0 spiro atoms. The lowest BCUT2D eigenvalue weighted by atomic mass is 10.2. The van der Waals surface area contributed by atoms with Gasteiger partial charge in [0, 0.05) is 49.1 Å². The van der Waals surface area contributed by atoms with Crippen molar-refractivity contribution in [1.29, 1.82) is 0 Å². The monoisotopic (exact) mass is 1280 g/mol. The summed E-state index contributed by atoms with van der Waals surface area (Å²) >= 11 is 23.9. The predicted molar refractivity (Wildman–Crippen MR) is 323 cm³/mol. The third kappa shape index (κ3) is 17.5. The van der Waals surface area contributed by atoms with Crippen LogP contribution in [0.3, 0.4) is 0 Å². The maximum Gasteiger partial charge on any atom is 0.341 e. The summed E-state index contributed by atoms with van der Waals surface area (Å²) in [6.45, 7) is 19.3. The van der Waals surface area contributed by atoms with Crippen LogP contribution in [0.25, 0.3) is 23.3 Å². The lowest BCUT2D eigenvalue weighted by Gasteiger charge is -2.19. The standard InChI is InChI=1S/2C17H20ClN3O3.2C13H12ClN3O3/c2*1-10-9-12(10)23-14-7-8-21(20-14)13-6-5-11(15(18)19-13)16(22)24-17(2,3)4;2*1-7-6-9(7)20-11-4-5-17(16-11)10-3-2-8(13(18)19)12(14)15-10/h2*5-8,10,12H,9H2,1-4H3;2*2-5,7,9H,6H2,1H3,(H,18,19)/t2*10-,12+;2*7-,9+/m1010/s1. The van der Waals surface area contributed by atoms with Gasteiger partial charge in [-0.15, -0.1) is 20.4 Å². The Morgan fingerprint density at radius 2 is 0.614 bits per heavy atom. The molecular formula is C60H64Cl4N12O12. The van der Waals surface area contributed by atoms with Crippen LogP contribution in [0.5, 0.6) is 23.5 Å². The van der Waals surface area contributed by atoms with Gasteiger partial charge in [-0.05, 0) is 139 Å². The number of carbonyl (C=O) groups excluding carboxylic acids is 2. The molecule has 0 amide bonds. The molecule has 8 atom stereocenters. The van der Waals surface area contributed by atoms with Crippen LogP contribution in [-0.4, -0.2) is 129 Å². The van der Waals surface area contributed by atoms with Crippen molar-refractivity contribution < 1.29 is 57.8 Å². The molecule has 0 aromatic carbocycles. The molecule has 0 radical (unpaired) electrons. The average molecular weight is 1290 g/mol. The molecule has 2 N–H and O–H groups in total. The molecule has 0 saturated heterocycles. The SMILES string of the molecule is C[C@@H]1C[C@@H]1Oc1ccn(-c2ccc(C(=O)O)c(Cl)n2)n1.C[C@@H]1C[C@@H]1Oc1ccn(-c2ccc(C(=O)OC(C)(C)C)c(Cl)n2)n1.C[C@H]1C[C@H]1Oc1ccn(-c2ccc(C(=O)O)c(Cl)n2)n1.C[C@H]1C[C@H]1Oc1ccn(-c2ccc(C(=O)OC(C)(C)C)c(Cl)n2)n1. The van der Waals surface area contributed by atoms with Crippen LogP contribution in [0, 0.1) is 23.7 Å². The van der Waals surface area contributed by atoms with Gasteiger partial charge in [-0.3, -0.25) is 0 Å². The fourth-order valence-electron chi connectivity index (χ4n) is 7.92. The van der Waals surface area contributed by atoms with Gasteiger partial charge >= 0.3 is 23.9 Å². The van der Waals surface area contributed by atoms with Crippen molar-refractivity contribution in [3.05, 3.63) is 140 Å². The molecule has 4 aliphatic carbocycles. The van der Waals surface area contributed by atoms with Gasteiger partial charge in [0.1, 0.15) is 56.2 Å². The Kier molecular flexibility index (Phi) is 19.4. The number of aromatic nitrogens is 12. The van der Waals surface area contributed by atoms with E-state index in [1.165, 1.54) is 21.5 Å². The second kappa shape index (κ2) is 26.6. The van der Waals surface area contributed by atoms with Crippen molar-refractivity contribution in [2.75, 3.05) is 0 Å². The van der Waals surface area contributed by atoms with Crippen LogP contribution in [-0.2, 0) is 9.47 Å². The number of carboxylic acids is 2. The molecule has 24 nitrogen and oxygen atoms in total. The first-order valence-electron chi connectivity index (χ1n) is 28.0. The number of nitrogens with zero attached hydrogens (tertiary/aromatic N) is 12. The summed E-state index contributed by atoms with van der Waals surface area (Å²) < 4.78 is 39.5. The van der Waals surface area contributed by atoms with Crippen LogP contribution in [0.2, 0.25) is 20.6 Å². The average Bonchev–Trinajstić information content (AvgIpc) is 4.25. The summed E-state index contributed by atoms with van der Waals surface area (Å²) in [5.41, 5.74) is -0.797.